The third kappa shape index (κ3) is 6.34. The number of hydrogen-bond donors (Lipinski definition) is 1. The highest BCUT2D eigenvalue weighted by atomic mass is 19.3. The van der Waals surface area contributed by atoms with Crippen molar-refractivity contribution in [2.45, 2.75) is 39.8 Å². The number of halogens is 2. The molecule has 0 radical (unpaired) electrons. The smallest absolute Gasteiger partial charge is 0.387 e. The number of amides is 1. The topological polar surface area (TPSA) is 50.8 Å². The van der Waals surface area contributed by atoms with Gasteiger partial charge in [0.2, 0.25) is 0 Å². The van der Waals surface area contributed by atoms with Crippen LogP contribution in [0.1, 0.15) is 36.7 Å². The number of nitrogens with one attached hydrogen (secondary N) is 1. The molecule has 158 valence electrons. The molecule has 0 saturated carbocycles. The van der Waals surface area contributed by atoms with Crippen molar-refractivity contribution >= 4 is 11.6 Å². The second kappa shape index (κ2) is 10.6. The zero-order chi connectivity index (χ0) is 21.4. The Labute approximate surface area is 170 Å². The largest absolute Gasteiger partial charge is 0.493 e. The highest BCUT2D eigenvalue weighted by Crippen LogP contribution is 2.29. The Morgan fingerprint density at radius 1 is 1.10 bits per heavy atom. The van der Waals surface area contributed by atoms with Gasteiger partial charge < -0.3 is 19.7 Å². The summed E-state index contributed by atoms with van der Waals surface area (Å²) in [5.41, 5.74) is 2.40. The van der Waals surface area contributed by atoms with Gasteiger partial charge in [-0.2, -0.15) is 8.78 Å². The summed E-state index contributed by atoms with van der Waals surface area (Å²) in [5, 5.41) is 2.85. The highest BCUT2D eigenvalue weighted by molar-refractivity contribution is 5.94. The Balaban J connectivity index is 1.94. The summed E-state index contributed by atoms with van der Waals surface area (Å²) in [5.74, 6) is 0.0370. The normalized spacial score (nSPS) is 10.9. The van der Waals surface area contributed by atoms with Crippen LogP contribution in [0.5, 0.6) is 11.5 Å². The second-order valence-corrected chi connectivity index (χ2v) is 6.80. The first-order valence-corrected chi connectivity index (χ1v) is 9.62. The monoisotopic (exact) mass is 406 g/mol. The molecule has 0 atom stereocenters. The van der Waals surface area contributed by atoms with Crippen LogP contribution in [0.3, 0.4) is 0 Å². The van der Waals surface area contributed by atoms with Crippen LogP contribution in [-0.4, -0.2) is 38.8 Å². The van der Waals surface area contributed by atoms with Crippen molar-refractivity contribution in [3.8, 4) is 11.5 Å². The molecule has 1 amide bonds. The van der Waals surface area contributed by atoms with Gasteiger partial charge in [-0.3, -0.25) is 4.79 Å². The molecule has 0 aromatic heterocycles. The zero-order valence-electron chi connectivity index (χ0n) is 17.2. The Morgan fingerprint density at radius 3 is 2.34 bits per heavy atom. The molecule has 2 rings (SSSR count). The van der Waals surface area contributed by atoms with E-state index in [9.17, 15) is 13.6 Å². The maximum Gasteiger partial charge on any atom is 0.387 e. The molecule has 0 aliphatic carbocycles. The molecule has 0 aliphatic rings. The molecule has 0 bridgehead atoms. The van der Waals surface area contributed by atoms with E-state index in [1.807, 2.05) is 12.1 Å². The van der Waals surface area contributed by atoms with Gasteiger partial charge in [0.05, 0.1) is 7.11 Å². The van der Waals surface area contributed by atoms with Crippen molar-refractivity contribution in [3.63, 3.8) is 0 Å². The lowest BCUT2D eigenvalue weighted by molar-refractivity contribution is -0.0512. The number of hydrogen-bond acceptors (Lipinski definition) is 4. The van der Waals surface area contributed by atoms with Gasteiger partial charge in [0.1, 0.15) is 0 Å². The maximum atomic E-state index is 12.5. The van der Waals surface area contributed by atoms with Crippen LogP contribution in [0.25, 0.3) is 0 Å². The van der Waals surface area contributed by atoms with Crippen LogP contribution in [0, 0.1) is 0 Å². The van der Waals surface area contributed by atoms with Crippen molar-refractivity contribution in [3.05, 3.63) is 53.6 Å². The first kappa shape index (κ1) is 22.5. The van der Waals surface area contributed by atoms with Crippen LogP contribution in [-0.2, 0) is 6.42 Å². The van der Waals surface area contributed by atoms with E-state index in [0.29, 0.717) is 24.6 Å². The number of alkyl halides is 2. The molecule has 29 heavy (non-hydrogen) atoms. The third-order valence-corrected chi connectivity index (χ3v) is 4.57. The predicted molar refractivity (Wildman–Crippen MR) is 110 cm³/mol. The zero-order valence-corrected chi connectivity index (χ0v) is 17.2. The average Bonchev–Trinajstić information content (AvgIpc) is 2.68. The quantitative estimate of drug-likeness (QED) is 0.631. The van der Waals surface area contributed by atoms with Gasteiger partial charge in [-0.15, -0.1) is 0 Å². The number of anilines is 1. The summed E-state index contributed by atoms with van der Waals surface area (Å²) in [6.45, 7) is 4.68. The molecular formula is C22H28F2N2O3. The van der Waals surface area contributed by atoms with Crippen molar-refractivity contribution in [1.82, 2.24) is 5.32 Å². The first-order valence-electron chi connectivity index (χ1n) is 9.62. The van der Waals surface area contributed by atoms with Crippen molar-refractivity contribution < 1.29 is 23.0 Å². The number of benzene rings is 2. The Kier molecular flexibility index (Phi) is 8.24. The lowest BCUT2D eigenvalue weighted by atomic mass is 10.1. The number of methoxy groups -OCH3 is 1. The third-order valence-electron chi connectivity index (χ3n) is 4.57. The van der Waals surface area contributed by atoms with Crippen LogP contribution in [0.15, 0.2) is 42.5 Å². The predicted octanol–water partition coefficient (Wildman–Crippen LogP) is 4.50. The van der Waals surface area contributed by atoms with Gasteiger partial charge in [0.15, 0.2) is 11.5 Å². The standard InChI is InChI=1S/C22H28F2N2O3/c1-5-26(15(2)3)18-9-7-17(8-10-18)21(27)25-13-12-16-6-11-19(28-4)20(14-16)29-22(23)24/h6-11,14-15,22H,5,12-13H2,1-4H3,(H,25,27). The lowest BCUT2D eigenvalue weighted by Crippen LogP contribution is -2.30. The maximum absolute atomic E-state index is 12.5. The van der Waals surface area contributed by atoms with E-state index in [4.69, 9.17) is 4.74 Å². The SMILES string of the molecule is CCN(c1ccc(C(=O)NCCc2ccc(OC)c(OC(F)F)c2)cc1)C(C)C. The fraction of sp³-hybridized carbons (Fsp3) is 0.409. The summed E-state index contributed by atoms with van der Waals surface area (Å²) in [6.07, 6.45) is 0.477. The first-order chi connectivity index (χ1) is 13.8. The number of nitrogens with zero attached hydrogens (tertiary/aromatic N) is 1. The van der Waals surface area contributed by atoms with Gasteiger partial charge in [-0.25, -0.2) is 0 Å². The number of rotatable bonds is 10. The van der Waals surface area contributed by atoms with E-state index in [0.717, 1.165) is 17.8 Å². The van der Waals surface area contributed by atoms with Crippen LogP contribution >= 0.6 is 0 Å². The fourth-order valence-electron chi connectivity index (χ4n) is 3.14. The molecular weight excluding hydrogens is 378 g/mol. The van der Waals surface area contributed by atoms with Crippen LogP contribution in [0.4, 0.5) is 14.5 Å². The van der Waals surface area contributed by atoms with Crippen LogP contribution in [0.2, 0.25) is 0 Å². The molecule has 5 nitrogen and oxygen atoms in total. The Hall–Kier alpha value is -2.83. The average molecular weight is 406 g/mol. The summed E-state index contributed by atoms with van der Waals surface area (Å²) in [7, 11) is 1.39. The van der Waals surface area contributed by atoms with Crippen molar-refractivity contribution in [2.24, 2.45) is 0 Å². The second-order valence-electron chi connectivity index (χ2n) is 6.80. The highest BCUT2D eigenvalue weighted by Gasteiger charge is 2.12. The van der Waals surface area contributed by atoms with E-state index in [1.54, 1.807) is 24.3 Å². The van der Waals surface area contributed by atoms with Gasteiger partial charge >= 0.3 is 6.61 Å². The van der Waals surface area contributed by atoms with Gasteiger partial charge in [0, 0.05) is 30.4 Å². The summed E-state index contributed by atoms with van der Waals surface area (Å²) in [6, 6.07) is 12.7. The lowest BCUT2D eigenvalue weighted by Gasteiger charge is -2.27. The minimum Gasteiger partial charge on any atom is -0.493 e. The van der Waals surface area contributed by atoms with E-state index in [2.05, 4.69) is 35.7 Å². The van der Waals surface area contributed by atoms with Gasteiger partial charge in [-0.05, 0) is 69.2 Å². The van der Waals surface area contributed by atoms with E-state index in [1.165, 1.54) is 13.2 Å². The fourth-order valence-corrected chi connectivity index (χ4v) is 3.14. The van der Waals surface area contributed by atoms with Gasteiger partial charge in [-0.1, -0.05) is 6.07 Å². The molecule has 7 heteroatoms. The van der Waals surface area contributed by atoms with E-state index >= 15 is 0 Å². The van der Waals surface area contributed by atoms with E-state index in [-0.39, 0.29) is 17.4 Å². The molecule has 0 spiro atoms. The minimum absolute atomic E-state index is 0.0208. The molecule has 2 aromatic carbocycles. The molecule has 0 fully saturated rings. The molecule has 0 heterocycles. The Bertz CT molecular complexity index is 795. The van der Waals surface area contributed by atoms with Crippen molar-refractivity contribution in [2.75, 3.05) is 25.1 Å². The number of carbonyl (C=O) groups excluding carboxylic acids is 1. The molecule has 2 aromatic rings. The van der Waals surface area contributed by atoms with E-state index < -0.39 is 6.61 Å². The summed E-state index contributed by atoms with van der Waals surface area (Å²) < 4.78 is 34.5. The molecule has 0 unspecified atom stereocenters. The minimum atomic E-state index is -2.93. The van der Waals surface area contributed by atoms with Crippen molar-refractivity contribution in [1.29, 1.82) is 0 Å². The molecule has 0 saturated heterocycles. The number of carbonyl (C=O) groups is 1. The summed E-state index contributed by atoms with van der Waals surface area (Å²) >= 11 is 0. The van der Waals surface area contributed by atoms with Gasteiger partial charge in [0.25, 0.3) is 5.91 Å². The number of ether oxygens (including phenoxy) is 2. The Morgan fingerprint density at radius 2 is 1.79 bits per heavy atom. The molecule has 0 aliphatic heterocycles. The summed E-state index contributed by atoms with van der Waals surface area (Å²) in [4.78, 5) is 14.6. The molecule has 1 N–H and O–H groups in total. The van der Waals surface area contributed by atoms with Crippen LogP contribution < -0.4 is 19.7 Å².